The molecule has 5 heteroatoms. The number of Topliss-reactive ketones (excluding diaryl/α,β-unsaturated/α-hetero) is 1. The Labute approximate surface area is 116 Å². The molecule has 1 aromatic carbocycles. The largest absolute Gasteiger partial charge is 0.494 e. The first-order chi connectivity index (χ1) is 8.95. The van der Waals surface area contributed by atoms with Crippen LogP contribution in [0, 0.1) is 0 Å². The van der Waals surface area contributed by atoms with Crippen molar-refractivity contribution in [3.8, 4) is 5.75 Å². The van der Waals surface area contributed by atoms with E-state index in [0.717, 1.165) is 6.08 Å². The molecule has 0 saturated heterocycles. The zero-order valence-corrected chi connectivity index (χ0v) is 11.5. The van der Waals surface area contributed by atoms with Crippen molar-refractivity contribution in [3.63, 3.8) is 0 Å². The van der Waals surface area contributed by atoms with E-state index < -0.39 is 11.3 Å². The van der Waals surface area contributed by atoms with E-state index in [4.69, 9.17) is 21.4 Å². The lowest BCUT2D eigenvalue weighted by molar-refractivity contribution is -0.131. The molecule has 0 heterocycles. The maximum Gasteiger partial charge on any atom is 0.328 e. The molecule has 19 heavy (non-hydrogen) atoms. The smallest absolute Gasteiger partial charge is 0.328 e. The number of carboxylic acid groups (broad SMARTS) is 1. The number of carboxylic acids is 1. The lowest BCUT2D eigenvalue weighted by Crippen LogP contribution is -2.04. The highest BCUT2D eigenvalue weighted by Gasteiger charge is 2.17. The minimum atomic E-state index is -1.06. The summed E-state index contributed by atoms with van der Waals surface area (Å²) in [6.45, 7) is 3.73. The molecule has 4 nitrogen and oxygen atoms in total. The molecule has 0 saturated carbocycles. The number of halogens is 1. The van der Waals surface area contributed by atoms with Crippen molar-refractivity contribution in [2.75, 3.05) is 6.61 Å². The summed E-state index contributed by atoms with van der Waals surface area (Å²) >= 11 is 6.05. The van der Waals surface area contributed by atoms with Crippen LogP contribution in [0.3, 0.4) is 0 Å². The number of ether oxygens (including phenoxy) is 1. The summed E-state index contributed by atoms with van der Waals surface area (Å²) in [6, 6.07) is 5.04. The molecule has 0 radical (unpaired) electrons. The Hall–Kier alpha value is -1.81. The monoisotopic (exact) mass is 282 g/mol. The van der Waals surface area contributed by atoms with Gasteiger partial charge in [-0.3, -0.25) is 4.79 Å². The first-order valence-corrected chi connectivity index (χ1v) is 6.21. The number of hydrogen-bond donors (Lipinski definition) is 1. The average molecular weight is 283 g/mol. The second-order valence-corrected chi connectivity index (χ2v) is 4.30. The molecular formula is C14H15ClO4. The third-order valence-electron chi connectivity index (χ3n) is 2.40. The molecule has 0 bridgehead atoms. The van der Waals surface area contributed by atoms with Gasteiger partial charge < -0.3 is 9.84 Å². The van der Waals surface area contributed by atoms with Gasteiger partial charge in [0, 0.05) is 6.08 Å². The highest BCUT2D eigenvalue weighted by molar-refractivity contribution is 6.31. The molecule has 1 unspecified atom stereocenters. The van der Waals surface area contributed by atoms with Crippen molar-refractivity contribution in [2.45, 2.75) is 19.2 Å². The van der Waals surface area contributed by atoms with E-state index in [0.29, 0.717) is 23.5 Å². The van der Waals surface area contributed by atoms with Gasteiger partial charge in [-0.1, -0.05) is 6.07 Å². The molecule has 1 N–H and O–H groups in total. The van der Waals surface area contributed by atoms with Gasteiger partial charge in [-0.05, 0) is 43.2 Å². The van der Waals surface area contributed by atoms with Gasteiger partial charge in [0.05, 0.1) is 6.61 Å². The summed E-state index contributed by atoms with van der Waals surface area (Å²) in [5.41, 5.74) is 1.12. The standard InChI is InChI=1S/C14H15ClO4/c1-3-19-11-6-4-10(5-7-13(17)18)12(8-11)14(15)9(2)16/h4-8,14H,3H2,1-2H3,(H,17,18). The molecule has 0 spiro atoms. The van der Waals surface area contributed by atoms with Crippen LogP contribution in [-0.4, -0.2) is 23.5 Å². The molecule has 0 aliphatic rings. The van der Waals surface area contributed by atoms with Crippen molar-refractivity contribution >= 4 is 29.4 Å². The lowest BCUT2D eigenvalue weighted by atomic mass is 10.0. The van der Waals surface area contributed by atoms with Crippen LogP contribution in [0.4, 0.5) is 0 Å². The van der Waals surface area contributed by atoms with Gasteiger partial charge in [-0.2, -0.15) is 0 Å². The van der Waals surface area contributed by atoms with Gasteiger partial charge >= 0.3 is 5.97 Å². The molecule has 1 rings (SSSR count). The van der Waals surface area contributed by atoms with Gasteiger partial charge in [0.2, 0.25) is 0 Å². The fraction of sp³-hybridized carbons (Fsp3) is 0.286. The number of carbonyl (C=O) groups excluding carboxylic acids is 1. The molecular weight excluding hydrogens is 268 g/mol. The lowest BCUT2D eigenvalue weighted by Gasteiger charge is -2.12. The van der Waals surface area contributed by atoms with Crippen molar-refractivity contribution < 1.29 is 19.4 Å². The fourth-order valence-corrected chi connectivity index (χ4v) is 1.75. The maximum absolute atomic E-state index is 11.4. The highest BCUT2D eigenvalue weighted by atomic mass is 35.5. The number of carbonyl (C=O) groups is 2. The summed E-state index contributed by atoms with van der Waals surface area (Å²) in [5.74, 6) is -0.675. The summed E-state index contributed by atoms with van der Waals surface area (Å²) in [5, 5.41) is 7.82. The number of rotatable bonds is 6. The van der Waals surface area contributed by atoms with Gasteiger partial charge in [-0.15, -0.1) is 11.6 Å². The minimum absolute atomic E-state index is 0.208. The Morgan fingerprint density at radius 1 is 1.47 bits per heavy atom. The number of hydrogen-bond acceptors (Lipinski definition) is 3. The Morgan fingerprint density at radius 2 is 2.16 bits per heavy atom. The molecule has 0 aliphatic carbocycles. The first-order valence-electron chi connectivity index (χ1n) is 5.78. The summed E-state index contributed by atoms with van der Waals surface area (Å²) in [6.07, 6.45) is 2.41. The van der Waals surface area contributed by atoms with Gasteiger partial charge in [0.25, 0.3) is 0 Å². The Morgan fingerprint density at radius 3 is 2.68 bits per heavy atom. The number of benzene rings is 1. The third-order valence-corrected chi connectivity index (χ3v) is 2.95. The normalized spacial score (nSPS) is 12.4. The zero-order chi connectivity index (χ0) is 14.4. The van der Waals surface area contributed by atoms with E-state index in [1.54, 1.807) is 18.2 Å². The van der Waals surface area contributed by atoms with Gasteiger partial charge in [0.1, 0.15) is 11.1 Å². The van der Waals surface area contributed by atoms with Crippen LogP contribution in [0.5, 0.6) is 5.75 Å². The highest BCUT2D eigenvalue weighted by Crippen LogP contribution is 2.29. The van der Waals surface area contributed by atoms with E-state index in [1.165, 1.54) is 13.0 Å². The second-order valence-electron chi connectivity index (χ2n) is 3.87. The molecule has 1 atom stereocenters. The van der Waals surface area contributed by atoms with Gasteiger partial charge in [0.15, 0.2) is 5.78 Å². The summed E-state index contributed by atoms with van der Waals surface area (Å²) in [4.78, 5) is 21.9. The van der Waals surface area contributed by atoms with Crippen LogP contribution in [0.15, 0.2) is 24.3 Å². The third kappa shape index (κ3) is 4.41. The first kappa shape index (κ1) is 15.2. The SMILES string of the molecule is CCOc1ccc(C=CC(=O)O)c(C(Cl)C(C)=O)c1. The maximum atomic E-state index is 11.4. The van der Waals surface area contributed by atoms with E-state index in [-0.39, 0.29) is 5.78 Å². The van der Waals surface area contributed by atoms with E-state index >= 15 is 0 Å². The number of ketones is 1. The topological polar surface area (TPSA) is 63.6 Å². The van der Waals surface area contributed by atoms with Crippen molar-refractivity contribution in [2.24, 2.45) is 0 Å². The Balaban J connectivity index is 3.21. The number of alkyl halides is 1. The Kier molecular flexibility index (Phi) is 5.57. The van der Waals surface area contributed by atoms with Crippen LogP contribution < -0.4 is 4.74 Å². The molecule has 0 aromatic heterocycles. The second kappa shape index (κ2) is 6.95. The average Bonchev–Trinajstić information content (AvgIpc) is 2.36. The van der Waals surface area contributed by atoms with E-state index in [9.17, 15) is 9.59 Å². The van der Waals surface area contributed by atoms with Crippen LogP contribution in [0.2, 0.25) is 0 Å². The predicted octanol–water partition coefficient (Wildman–Crippen LogP) is 3.05. The van der Waals surface area contributed by atoms with E-state index in [2.05, 4.69) is 0 Å². The fourth-order valence-electron chi connectivity index (χ4n) is 1.56. The van der Waals surface area contributed by atoms with Crippen LogP contribution >= 0.6 is 11.6 Å². The molecule has 102 valence electrons. The van der Waals surface area contributed by atoms with Crippen LogP contribution in [0.1, 0.15) is 30.4 Å². The zero-order valence-electron chi connectivity index (χ0n) is 10.7. The number of aliphatic carboxylic acids is 1. The minimum Gasteiger partial charge on any atom is -0.494 e. The summed E-state index contributed by atoms with van der Waals surface area (Å²) in [7, 11) is 0. The summed E-state index contributed by atoms with van der Waals surface area (Å²) < 4.78 is 5.35. The quantitative estimate of drug-likeness (QED) is 0.643. The van der Waals surface area contributed by atoms with Crippen LogP contribution in [0.25, 0.3) is 6.08 Å². The van der Waals surface area contributed by atoms with Crippen LogP contribution in [-0.2, 0) is 9.59 Å². The van der Waals surface area contributed by atoms with E-state index in [1.807, 2.05) is 6.92 Å². The van der Waals surface area contributed by atoms with Crippen molar-refractivity contribution in [1.82, 2.24) is 0 Å². The molecule has 0 aliphatic heterocycles. The van der Waals surface area contributed by atoms with Crippen molar-refractivity contribution in [3.05, 3.63) is 35.4 Å². The van der Waals surface area contributed by atoms with Crippen molar-refractivity contribution in [1.29, 1.82) is 0 Å². The molecule has 0 amide bonds. The predicted molar refractivity (Wildman–Crippen MR) is 73.6 cm³/mol. The molecule has 0 fully saturated rings. The van der Waals surface area contributed by atoms with Gasteiger partial charge in [-0.25, -0.2) is 4.79 Å². The molecule has 1 aromatic rings. The Bertz CT molecular complexity index is 508.